The zero-order chi connectivity index (χ0) is 26.0. The summed E-state index contributed by atoms with van der Waals surface area (Å²) in [7, 11) is 0. The Bertz CT molecular complexity index is 1000. The molecule has 1 aromatic carbocycles. The van der Waals surface area contributed by atoms with Crippen LogP contribution in [0.1, 0.15) is 25.7 Å². The lowest BCUT2D eigenvalue weighted by Crippen LogP contribution is -2.48. The average Bonchev–Trinajstić information content (AvgIpc) is 3.43. The number of nitrogens with zero attached hydrogens (tertiary/aromatic N) is 3. The molecule has 3 fully saturated rings. The maximum atomic E-state index is 13.0. The fourth-order valence-corrected chi connectivity index (χ4v) is 6.89. The number of piperidine rings is 1. The third-order valence-corrected chi connectivity index (χ3v) is 9.06. The number of fused-ring (bicyclic) bond motifs is 1. The molecule has 0 saturated carbocycles. The van der Waals surface area contributed by atoms with Gasteiger partial charge in [-0.2, -0.15) is 13.2 Å². The molecule has 3 heterocycles. The number of allylic oxidation sites excluding steroid dienone is 2. The van der Waals surface area contributed by atoms with Crippen molar-refractivity contribution < 1.29 is 18.0 Å². The smallest absolute Gasteiger partial charge is 0.381 e. The number of nitrogens with one attached hydrogen (secondary N) is 1. The van der Waals surface area contributed by atoms with E-state index in [0.29, 0.717) is 31.2 Å². The van der Waals surface area contributed by atoms with E-state index in [0.717, 1.165) is 62.8 Å². The lowest BCUT2D eigenvalue weighted by Gasteiger charge is -2.35. The zero-order valence-electron chi connectivity index (χ0n) is 20.8. The van der Waals surface area contributed by atoms with Crippen LogP contribution >= 0.6 is 23.4 Å². The second-order valence-corrected chi connectivity index (χ2v) is 12.3. The Balaban J connectivity index is 1.03. The van der Waals surface area contributed by atoms with Crippen LogP contribution in [-0.2, 0) is 4.79 Å². The maximum absolute atomic E-state index is 13.0. The number of amides is 1. The van der Waals surface area contributed by atoms with Crippen LogP contribution in [0.5, 0.6) is 0 Å². The van der Waals surface area contributed by atoms with Crippen molar-refractivity contribution in [3.63, 3.8) is 0 Å². The molecule has 5 nitrogen and oxygen atoms in total. The van der Waals surface area contributed by atoms with Gasteiger partial charge >= 0.3 is 5.51 Å². The van der Waals surface area contributed by atoms with Gasteiger partial charge in [0, 0.05) is 79.9 Å². The first kappa shape index (κ1) is 26.8. The lowest BCUT2D eigenvalue weighted by atomic mass is 10.0. The van der Waals surface area contributed by atoms with E-state index in [-0.39, 0.29) is 23.7 Å². The monoisotopic (exact) mass is 554 g/mol. The number of thioether (sulfide) groups is 1. The first-order chi connectivity index (χ1) is 17.7. The Morgan fingerprint density at radius 1 is 1.08 bits per heavy atom. The minimum absolute atomic E-state index is 0.0278. The van der Waals surface area contributed by atoms with Crippen molar-refractivity contribution in [2.24, 2.45) is 11.8 Å². The molecule has 4 aliphatic rings. The van der Waals surface area contributed by atoms with Gasteiger partial charge in [-0.1, -0.05) is 23.8 Å². The van der Waals surface area contributed by atoms with Gasteiger partial charge in [0.25, 0.3) is 0 Å². The van der Waals surface area contributed by atoms with Crippen LogP contribution in [0, 0.1) is 11.8 Å². The predicted octanol–water partition coefficient (Wildman–Crippen LogP) is 5.14. The minimum Gasteiger partial charge on any atom is -0.381 e. The molecular formula is C27H34ClF3N4OS. The molecule has 0 spiro atoms. The van der Waals surface area contributed by atoms with Gasteiger partial charge in [0.1, 0.15) is 0 Å². The van der Waals surface area contributed by atoms with Crippen LogP contribution < -0.4 is 10.2 Å². The number of halogens is 4. The van der Waals surface area contributed by atoms with E-state index >= 15 is 0 Å². The molecule has 37 heavy (non-hydrogen) atoms. The van der Waals surface area contributed by atoms with Crippen LogP contribution in [0.4, 0.5) is 18.9 Å². The number of rotatable bonds is 7. The molecule has 202 valence electrons. The van der Waals surface area contributed by atoms with Crippen LogP contribution in [-0.4, -0.2) is 78.3 Å². The highest BCUT2D eigenvalue weighted by Crippen LogP contribution is 2.37. The van der Waals surface area contributed by atoms with Gasteiger partial charge in [0.15, 0.2) is 0 Å². The first-order valence-electron chi connectivity index (χ1n) is 13.1. The van der Waals surface area contributed by atoms with Crippen molar-refractivity contribution in [1.82, 2.24) is 15.1 Å². The van der Waals surface area contributed by atoms with Gasteiger partial charge in [0.2, 0.25) is 5.91 Å². The van der Waals surface area contributed by atoms with Crippen molar-refractivity contribution in [2.75, 3.05) is 50.7 Å². The molecule has 0 bridgehead atoms. The summed E-state index contributed by atoms with van der Waals surface area (Å²) in [6, 6.07) is 8.20. The normalized spacial score (nSPS) is 28.4. The molecule has 3 saturated heterocycles. The fourth-order valence-electron chi connectivity index (χ4n) is 6.07. The molecule has 1 N–H and O–H groups in total. The molecule has 1 aliphatic carbocycles. The molecular weight excluding hydrogens is 521 g/mol. The molecule has 3 unspecified atom stereocenters. The van der Waals surface area contributed by atoms with Crippen molar-refractivity contribution in [1.29, 1.82) is 0 Å². The second kappa shape index (κ2) is 11.5. The maximum Gasteiger partial charge on any atom is 0.442 e. The van der Waals surface area contributed by atoms with E-state index in [1.54, 1.807) is 12.2 Å². The number of likely N-dealkylation sites (tertiary alicyclic amines) is 2. The number of hydrogen-bond acceptors (Lipinski definition) is 5. The van der Waals surface area contributed by atoms with Crippen LogP contribution in [0.15, 0.2) is 48.2 Å². The second-order valence-electron chi connectivity index (χ2n) is 10.6. The van der Waals surface area contributed by atoms with E-state index in [2.05, 4.69) is 27.2 Å². The van der Waals surface area contributed by atoms with Gasteiger partial charge in [-0.15, -0.1) is 0 Å². The number of carbonyl (C=O) groups excluding carboxylic acids is 1. The molecule has 10 heteroatoms. The summed E-state index contributed by atoms with van der Waals surface area (Å²) in [5.41, 5.74) is -2.13. The molecule has 5 rings (SSSR count). The SMILES string of the molecule is O=C(CCN1CC2CN(c3ccc(Cl)cc3)CC2C1)N1CCC[C@H](NC2=CCC(SC(F)(F)F)C=C2)C1. The Morgan fingerprint density at radius 3 is 2.46 bits per heavy atom. The van der Waals surface area contributed by atoms with Crippen molar-refractivity contribution in [3.05, 3.63) is 53.2 Å². The molecule has 0 aromatic heterocycles. The number of anilines is 1. The number of carbonyl (C=O) groups is 1. The summed E-state index contributed by atoms with van der Waals surface area (Å²) in [6.45, 7) is 6.41. The highest BCUT2D eigenvalue weighted by molar-refractivity contribution is 8.00. The van der Waals surface area contributed by atoms with E-state index in [4.69, 9.17) is 11.6 Å². The number of hydrogen-bond donors (Lipinski definition) is 1. The summed E-state index contributed by atoms with van der Waals surface area (Å²) >= 11 is 6.05. The van der Waals surface area contributed by atoms with E-state index in [9.17, 15) is 18.0 Å². The molecule has 3 aliphatic heterocycles. The van der Waals surface area contributed by atoms with Gasteiger partial charge < -0.3 is 20.0 Å². The van der Waals surface area contributed by atoms with Gasteiger partial charge in [-0.3, -0.25) is 4.79 Å². The third kappa shape index (κ3) is 7.18. The highest BCUT2D eigenvalue weighted by Gasteiger charge is 2.40. The summed E-state index contributed by atoms with van der Waals surface area (Å²) in [6.07, 6.45) is 7.97. The Hall–Kier alpha value is -1.84. The van der Waals surface area contributed by atoms with Crippen LogP contribution in [0.2, 0.25) is 5.02 Å². The minimum atomic E-state index is -4.22. The Kier molecular flexibility index (Phi) is 8.31. The fraction of sp³-hybridized carbons (Fsp3) is 0.593. The van der Waals surface area contributed by atoms with Gasteiger partial charge in [-0.25, -0.2) is 0 Å². The third-order valence-electron chi connectivity index (χ3n) is 7.89. The number of alkyl halides is 3. The quantitative estimate of drug-likeness (QED) is 0.505. The number of benzene rings is 1. The van der Waals surface area contributed by atoms with E-state index < -0.39 is 10.8 Å². The van der Waals surface area contributed by atoms with Crippen molar-refractivity contribution in [2.45, 2.75) is 42.5 Å². The van der Waals surface area contributed by atoms with E-state index in [1.165, 1.54) is 5.69 Å². The lowest BCUT2D eigenvalue weighted by molar-refractivity contribution is -0.132. The molecule has 1 amide bonds. The standard InChI is InChI=1S/C27H34ClF3N4OS/c28-21-3-7-24(8-4-21)35-16-19-14-33(15-20(19)17-35)13-11-26(36)34-12-1-2-23(18-34)32-22-5-9-25(10-6-22)37-27(29,30)31/h3-9,19-20,23,25,32H,1-2,10-18H2/t19?,20?,23-,25?/m0/s1. The zero-order valence-corrected chi connectivity index (χ0v) is 22.4. The van der Waals surface area contributed by atoms with Crippen LogP contribution in [0.25, 0.3) is 0 Å². The van der Waals surface area contributed by atoms with E-state index in [1.807, 2.05) is 23.1 Å². The summed E-state index contributed by atoms with van der Waals surface area (Å²) in [5.74, 6) is 1.47. The first-order valence-corrected chi connectivity index (χ1v) is 14.4. The molecule has 1 aromatic rings. The largest absolute Gasteiger partial charge is 0.442 e. The Morgan fingerprint density at radius 2 is 1.81 bits per heavy atom. The topological polar surface area (TPSA) is 38.8 Å². The van der Waals surface area contributed by atoms with Crippen LogP contribution in [0.3, 0.4) is 0 Å². The predicted molar refractivity (Wildman–Crippen MR) is 144 cm³/mol. The molecule has 4 atom stereocenters. The highest BCUT2D eigenvalue weighted by atomic mass is 35.5. The molecule has 0 radical (unpaired) electrons. The van der Waals surface area contributed by atoms with Crippen molar-refractivity contribution in [3.8, 4) is 0 Å². The average molecular weight is 555 g/mol. The Labute approximate surface area is 226 Å². The van der Waals surface area contributed by atoms with Crippen molar-refractivity contribution >= 4 is 35.0 Å². The van der Waals surface area contributed by atoms with Gasteiger partial charge in [-0.05, 0) is 73.2 Å². The summed E-state index contributed by atoms with van der Waals surface area (Å²) < 4.78 is 37.8. The van der Waals surface area contributed by atoms with Gasteiger partial charge in [0.05, 0.1) is 0 Å². The summed E-state index contributed by atoms with van der Waals surface area (Å²) in [4.78, 5) is 19.8. The summed E-state index contributed by atoms with van der Waals surface area (Å²) in [5, 5.41) is 3.63.